The molecule has 0 spiro atoms. The highest BCUT2D eigenvalue weighted by Crippen LogP contribution is 2.55. The Bertz CT molecular complexity index is 3220. The molecule has 0 N–H and O–H groups in total. The molecular formula is C57H40N2. The summed E-state index contributed by atoms with van der Waals surface area (Å²) in [6.07, 6.45) is 0. The van der Waals surface area contributed by atoms with Crippen molar-refractivity contribution in [2.45, 2.75) is 19.3 Å². The molecule has 0 atom stereocenters. The second-order valence-corrected chi connectivity index (χ2v) is 16.1. The van der Waals surface area contributed by atoms with E-state index in [0.717, 1.165) is 44.6 Å². The zero-order chi connectivity index (χ0) is 39.5. The lowest BCUT2D eigenvalue weighted by molar-refractivity contribution is 0.662. The van der Waals surface area contributed by atoms with Gasteiger partial charge in [0.05, 0.1) is 11.4 Å². The summed E-state index contributed by atoms with van der Waals surface area (Å²) in [6.45, 7) is 4.77. The van der Waals surface area contributed by atoms with Crippen molar-refractivity contribution in [1.29, 1.82) is 0 Å². The van der Waals surface area contributed by atoms with Crippen molar-refractivity contribution in [3.63, 3.8) is 0 Å². The van der Waals surface area contributed by atoms with Crippen LogP contribution in [0.25, 0.3) is 100.0 Å². The summed E-state index contributed by atoms with van der Waals surface area (Å²) in [7, 11) is 0. The smallest absolute Gasteiger partial charge is 0.160 e. The lowest BCUT2D eigenvalue weighted by Crippen LogP contribution is -2.16. The van der Waals surface area contributed by atoms with Crippen LogP contribution in [-0.2, 0) is 5.41 Å². The Hall–Kier alpha value is -7.42. The van der Waals surface area contributed by atoms with Gasteiger partial charge in [-0.05, 0) is 89.3 Å². The maximum absolute atomic E-state index is 5.36. The summed E-state index contributed by atoms with van der Waals surface area (Å²) < 4.78 is 0. The van der Waals surface area contributed by atoms with Gasteiger partial charge in [-0.3, -0.25) is 0 Å². The molecule has 0 bridgehead atoms. The van der Waals surface area contributed by atoms with E-state index >= 15 is 0 Å². The molecule has 0 fully saturated rings. The van der Waals surface area contributed by atoms with E-state index in [-0.39, 0.29) is 5.41 Å². The Kier molecular flexibility index (Phi) is 8.20. The first-order valence-electron chi connectivity index (χ1n) is 20.4. The second-order valence-electron chi connectivity index (χ2n) is 16.1. The summed E-state index contributed by atoms with van der Waals surface area (Å²) in [5.41, 5.74) is 17.3. The van der Waals surface area contributed by atoms with Crippen molar-refractivity contribution in [3.8, 4) is 78.4 Å². The van der Waals surface area contributed by atoms with Crippen LogP contribution < -0.4 is 0 Å². The molecular weight excluding hydrogens is 713 g/mol. The average molecular weight is 753 g/mol. The van der Waals surface area contributed by atoms with E-state index in [1.165, 1.54) is 60.7 Å². The lowest BCUT2D eigenvalue weighted by atomic mass is 9.78. The predicted molar refractivity (Wildman–Crippen MR) is 247 cm³/mol. The number of benzene rings is 9. The fourth-order valence-corrected chi connectivity index (χ4v) is 9.43. The minimum Gasteiger partial charge on any atom is -0.228 e. The van der Waals surface area contributed by atoms with Gasteiger partial charge in [0, 0.05) is 22.1 Å². The molecule has 1 aliphatic rings. The van der Waals surface area contributed by atoms with Gasteiger partial charge < -0.3 is 0 Å². The Labute approximate surface area is 345 Å². The fraction of sp³-hybridized carbons (Fsp3) is 0.0526. The van der Waals surface area contributed by atoms with Crippen molar-refractivity contribution in [1.82, 2.24) is 9.97 Å². The van der Waals surface area contributed by atoms with Gasteiger partial charge in [-0.15, -0.1) is 0 Å². The third-order valence-electron chi connectivity index (χ3n) is 12.3. The molecule has 59 heavy (non-hydrogen) atoms. The molecule has 0 aliphatic heterocycles. The van der Waals surface area contributed by atoms with Gasteiger partial charge in [0.2, 0.25) is 0 Å². The van der Waals surface area contributed by atoms with Gasteiger partial charge in [-0.25, -0.2) is 9.97 Å². The zero-order valence-corrected chi connectivity index (χ0v) is 33.0. The third-order valence-corrected chi connectivity index (χ3v) is 12.3. The maximum Gasteiger partial charge on any atom is 0.160 e. The molecule has 0 saturated carbocycles. The van der Waals surface area contributed by atoms with Gasteiger partial charge >= 0.3 is 0 Å². The SMILES string of the molecule is CC1(C)c2ccc3ccccc3c2-c2cccc(-c3ccc(-c4cc(-c5cccc(-c6ccccc6)c5)nc(-c5ccc(-c6ccccc6)cc5)n4)c4ccccc34)c21. The summed E-state index contributed by atoms with van der Waals surface area (Å²) in [6, 6.07) is 74.2. The first-order valence-corrected chi connectivity index (χ1v) is 20.4. The van der Waals surface area contributed by atoms with Crippen LogP contribution in [-0.4, -0.2) is 9.97 Å². The van der Waals surface area contributed by atoms with E-state index in [2.05, 4.69) is 220 Å². The molecule has 10 aromatic rings. The first-order chi connectivity index (χ1) is 29.0. The van der Waals surface area contributed by atoms with Crippen molar-refractivity contribution in [3.05, 3.63) is 217 Å². The van der Waals surface area contributed by atoms with Gasteiger partial charge in [-0.1, -0.05) is 208 Å². The predicted octanol–water partition coefficient (Wildman–Crippen LogP) is 15.1. The van der Waals surface area contributed by atoms with Crippen LogP contribution in [0.5, 0.6) is 0 Å². The van der Waals surface area contributed by atoms with Gasteiger partial charge in [0.1, 0.15) is 0 Å². The first kappa shape index (κ1) is 34.8. The van der Waals surface area contributed by atoms with Crippen molar-refractivity contribution >= 4 is 21.5 Å². The van der Waals surface area contributed by atoms with Gasteiger partial charge in [-0.2, -0.15) is 0 Å². The van der Waals surface area contributed by atoms with E-state index in [0.29, 0.717) is 5.82 Å². The van der Waals surface area contributed by atoms with Gasteiger partial charge in [0.15, 0.2) is 5.82 Å². The van der Waals surface area contributed by atoms with E-state index in [1.807, 2.05) is 0 Å². The molecule has 11 rings (SSSR count). The largest absolute Gasteiger partial charge is 0.228 e. The standard InChI is InChI=1S/C57H40N2/c1-57(2)51-34-31-40-19-9-10-22-44(40)54(51)50-26-14-25-49(55(50)57)47-32-33-48(46-24-12-11-23-45(46)47)53-36-52(43-21-13-20-42(35-43)38-17-7-4-8-18-38)58-56(59-53)41-29-27-39(28-30-41)37-15-5-3-6-16-37/h3-36H,1-2H3. The number of fused-ring (bicyclic) bond motifs is 6. The molecule has 2 heteroatoms. The Morgan fingerprint density at radius 3 is 1.64 bits per heavy atom. The van der Waals surface area contributed by atoms with Crippen LogP contribution >= 0.6 is 0 Å². The molecule has 0 unspecified atom stereocenters. The minimum atomic E-state index is -0.175. The summed E-state index contributed by atoms with van der Waals surface area (Å²) in [5.74, 6) is 0.697. The van der Waals surface area contributed by atoms with Gasteiger partial charge in [0.25, 0.3) is 0 Å². The van der Waals surface area contributed by atoms with Crippen LogP contribution in [0.3, 0.4) is 0 Å². The van der Waals surface area contributed by atoms with E-state index < -0.39 is 0 Å². The zero-order valence-electron chi connectivity index (χ0n) is 33.0. The summed E-state index contributed by atoms with van der Waals surface area (Å²) in [4.78, 5) is 10.6. The van der Waals surface area contributed by atoms with Crippen molar-refractivity contribution in [2.75, 3.05) is 0 Å². The van der Waals surface area contributed by atoms with E-state index in [4.69, 9.17) is 9.97 Å². The highest BCUT2D eigenvalue weighted by Gasteiger charge is 2.38. The van der Waals surface area contributed by atoms with Crippen LogP contribution in [0.4, 0.5) is 0 Å². The molecule has 2 nitrogen and oxygen atoms in total. The van der Waals surface area contributed by atoms with Crippen LogP contribution in [0.1, 0.15) is 25.0 Å². The lowest BCUT2D eigenvalue weighted by Gasteiger charge is -2.25. The Morgan fingerprint density at radius 2 is 0.881 bits per heavy atom. The normalized spacial score (nSPS) is 12.7. The maximum atomic E-state index is 5.36. The summed E-state index contributed by atoms with van der Waals surface area (Å²) >= 11 is 0. The third kappa shape index (κ3) is 5.87. The van der Waals surface area contributed by atoms with Crippen LogP contribution in [0, 0.1) is 0 Å². The topological polar surface area (TPSA) is 25.8 Å². The molecule has 0 radical (unpaired) electrons. The number of hydrogen-bond donors (Lipinski definition) is 0. The molecule has 1 aliphatic carbocycles. The highest BCUT2D eigenvalue weighted by atomic mass is 14.9. The average Bonchev–Trinajstić information content (AvgIpc) is 3.55. The molecule has 0 saturated heterocycles. The molecule has 1 aromatic heterocycles. The summed E-state index contributed by atoms with van der Waals surface area (Å²) in [5, 5.41) is 4.95. The quantitative estimate of drug-likeness (QED) is 0.169. The van der Waals surface area contributed by atoms with Crippen molar-refractivity contribution < 1.29 is 0 Å². The molecule has 1 heterocycles. The minimum absolute atomic E-state index is 0.175. The fourth-order valence-electron chi connectivity index (χ4n) is 9.43. The van der Waals surface area contributed by atoms with E-state index in [9.17, 15) is 0 Å². The second kappa shape index (κ2) is 13.9. The molecule has 9 aromatic carbocycles. The highest BCUT2D eigenvalue weighted by molar-refractivity contribution is 6.08. The number of hydrogen-bond acceptors (Lipinski definition) is 2. The van der Waals surface area contributed by atoms with Crippen LogP contribution in [0.15, 0.2) is 206 Å². The Morgan fingerprint density at radius 1 is 0.339 bits per heavy atom. The number of aromatic nitrogens is 2. The monoisotopic (exact) mass is 752 g/mol. The van der Waals surface area contributed by atoms with E-state index in [1.54, 1.807) is 0 Å². The Balaban J connectivity index is 1.09. The number of nitrogens with zero attached hydrogens (tertiary/aromatic N) is 2. The van der Waals surface area contributed by atoms with Crippen molar-refractivity contribution in [2.24, 2.45) is 0 Å². The van der Waals surface area contributed by atoms with Crippen LogP contribution in [0.2, 0.25) is 0 Å². The number of rotatable bonds is 6. The molecule has 278 valence electrons. The molecule has 0 amide bonds.